The predicted octanol–water partition coefficient (Wildman–Crippen LogP) is 1.99. The van der Waals surface area contributed by atoms with Crippen molar-refractivity contribution in [2.45, 2.75) is 32.6 Å². The molecule has 2 heterocycles. The van der Waals surface area contributed by atoms with Crippen LogP contribution in [0.2, 0.25) is 5.15 Å². The summed E-state index contributed by atoms with van der Waals surface area (Å²) in [6.07, 6.45) is 0.752. The van der Waals surface area contributed by atoms with Crippen molar-refractivity contribution < 1.29 is 9.59 Å². The molecule has 21 heavy (non-hydrogen) atoms. The van der Waals surface area contributed by atoms with Gasteiger partial charge in [0, 0.05) is 29.8 Å². The van der Waals surface area contributed by atoms with Crippen molar-refractivity contribution in [2.75, 3.05) is 19.6 Å². The van der Waals surface area contributed by atoms with Crippen LogP contribution < -0.4 is 5.32 Å². The molecule has 0 aliphatic carbocycles. The minimum absolute atomic E-state index is 0.0869. The highest BCUT2D eigenvalue weighted by atomic mass is 35.5. The third-order valence-electron chi connectivity index (χ3n) is 3.36. The lowest BCUT2D eigenvalue weighted by Crippen LogP contribution is -2.37. The Morgan fingerprint density at radius 2 is 2.10 bits per heavy atom. The number of carbonyl (C=O) groups excluding carboxylic acids is 2. The van der Waals surface area contributed by atoms with Gasteiger partial charge >= 0.3 is 0 Å². The van der Waals surface area contributed by atoms with Crippen LogP contribution in [0.3, 0.4) is 0 Å². The number of rotatable bonds is 1. The van der Waals surface area contributed by atoms with Crippen molar-refractivity contribution in [1.29, 1.82) is 0 Å². The molecule has 0 unspecified atom stereocenters. The Balaban J connectivity index is 2.30. The monoisotopic (exact) mass is 309 g/mol. The Morgan fingerprint density at radius 1 is 1.38 bits per heavy atom. The summed E-state index contributed by atoms with van der Waals surface area (Å²) in [4.78, 5) is 30.0. The van der Waals surface area contributed by atoms with Gasteiger partial charge in [0.1, 0.15) is 5.15 Å². The van der Waals surface area contributed by atoms with E-state index in [1.807, 2.05) is 20.8 Å². The van der Waals surface area contributed by atoms with Gasteiger partial charge in [0.05, 0.1) is 6.54 Å². The van der Waals surface area contributed by atoms with E-state index in [0.29, 0.717) is 23.8 Å². The van der Waals surface area contributed by atoms with Gasteiger partial charge in [-0.1, -0.05) is 32.4 Å². The van der Waals surface area contributed by atoms with Crippen LogP contribution >= 0.6 is 11.6 Å². The molecular formula is C15H20ClN3O2. The number of hydrogen-bond acceptors (Lipinski definition) is 3. The largest absolute Gasteiger partial charge is 0.354 e. The number of halogens is 1. The van der Waals surface area contributed by atoms with Crippen molar-refractivity contribution in [2.24, 2.45) is 0 Å². The first kappa shape index (κ1) is 15.8. The third-order valence-corrected chi connectivity index (χ3v) is 3.55. The maximum absolute atomic E-state index is 12.6. The number of nitrogens with zero attached hydrogens (tertiary/aromatic N) is 2. The van der Waals surface area contributed by atoms with Crippen molar-refractivity contribution >= 4 is 23.4 Å². The Morgan fingerprint density at radius 3 is 2.76 bits per heavy atom. The summed E-state index contributed by atoms with van der Waals surface area (Å²) < 4.78 is 0. The topological polar surface area (TPSA) is 62.3 Å². The van der Waals surface area contributed by atoms with Crippen LogP contribution in [0, 0.1) is 0 Å². The van der Waals surface area contributed by atoms with Crippen LogP contribution in [0.15, 0.2) is 12.1 Å². The quantitative estimate of drug-likeness (QED) is 0.807. The fraction of sp³-hybridized carbons (Fsp3) is 0.533. The molecule has 1 aliphatic rings. The second-order valence-corrected chi connectivity index (χ2v) is 6.63. The number of pyridine rings is 1. The molecule has 0 radical (unpaired) electrons. The van der Waals surface area contributed by atoms with E-state index >= 15 is 0 Å². The van der Waals surface area contributed by atoms with E-state index in [-0.39, 0.29) is 23.8 Å². The molecule has 1 fully saturated rings. The highest BCUT2D eigenvalue weighted by Crippen LogP contribution is 2.24. The van der Waals surface area contributed by atoms with Crippen LogP contribution in [0.25, 0.3) is 0 Å². The Kier molecular flexibility index (Phi) is 4.52. The zero-order chi connectivity index (χ0) is 15.6. The molecule has 1 N–H and O–H groups in total. The second kappa shape index (κ2) is 6.02. The molecule has 1 aromatic heterocycles. The van der Waals surface area contributed by atoms with E-state index in [4.69, 9.17) is 11.6 Å². The Hall–Kier alpha value is -1.62. The summed E-state index contributed by atoms with van der Waals surface area (Å²) in [5.74, 6) is -0.307. The zero-order valence-electron chi connectivity index (χ0n) is 12.6. The molecule has 5 nitrogen and oxygen atoms in total. The third kappa shape index (κ3) is 3.94. The van der Waals surface area contributed by atoms with E-state index < -0.39 is 0 Å². The van der Waals surface area contributed by atoms with Crippen molar-refractivity contribution in [3.63, 3.8) is 0 Å². The predicted molar refractivity (Wildman–Crippen MR) is 81.5 cm³/mol. The SMILES string of the molecule is CC(C)(C)c1cc(C(=O)N2CCCNC(=O)C2)cc(Cl)n1. The van der Waals surface area contributed by atoms with Gasteiger partial charge in [-0.05, 0) is 18.6 Å². The highest BCUT2D eigenvalue weighted by molar-refractivity contribution is 6.29. The van der Waals surface area contributed by atoms with Crippen LogP contribution in [0.5, 0.6) is 0 Å². The maximum atomic E-state index is 12.6. The summed E-state index contributed by atoms with van der Waals surface area (Å²) in [6, 6.07) is 3.32. The number of hydrogen-bond donors (Lipinski definition) is 1. The summed E-state index contributed by atoms with van der Waals surface area (Å²) >= 11 is 6.04. The van der Waals surface area contributed by atoms with Gasteiger partial charge in [0.2, 0.25) is 5.91 Å². The van der Waals surface area contributed by atoms with Gasteiger partial charge in [0.15, 0.2) is 0 Å². The minimum Gasteiger partial charge on any atom is -0.354 e. The lowest BCUT2D eigenvalue weighted by atomic mass is 9.91. The molecule has 1 aliphatic heterocycles. The second-order valence-electron chi connectivity index (χ2n) is 6.24. The molecule has 2 rings (SSSR count). The lowest BCUT2D eigenvalue weighted by molar-refractivity contribution is -0.121. The summed E-state index contributed by atoms with van der Waals surface area (Å²) in [7, 11) is 0. The number of carbonyl (C=O) groups is 2. The first-order chi connectivity index (χ1) is 9.77. The van der Waals surface area contributed by atoms with E-state index in [1.165, 1.54) is 0 Å². The first-order valence-electron chi connectivity index (χ1n) is 7.01. The fourth-order valence-electron chi connectivity index (χ4n) is 2.17. The highest BCUT2D eigenvalue weighted by Gasteiger charge is 2.24. The minimum atomic E-state index is -0.198. The maximum Gasteiger partial charge on any atom is 0.254 e. The standard InChI is InChI=1S/C15H20ClN3O2/c1-15(2,3)11-7-10(8-12(16)18-11)14(21)19-6-4-5-17-13(20)9-19/h7-8H,4-6,9H2,1-3H3,(H,17,20). The molecule has 1 saturated heterocycles. The molecule has 0 atom stereocenters. The van der Waals surface area contributed by atoms with E-state index in [1.54, 1.807) is 17.0 Å². The van der Waals surface area contributed by atoms with E-state index in [2.05, 4.69) is 10.3 Å². The van der Waals surface area contributed by atoms with Gasteiger partial charge in [-0.2, -0.15) is 0 Å². The first-order valence-corrected chi connectivity index (χ1v) is 7.39. The van der Waals surface area contributed by atoms with Crippen LogP contribution in [-0.4, -0.2) is 41.3 Å². The van der Waals surface area contributed by atoms with Crippen molar-refractivity contribution in [3.05, 3.63) is 28.5 Å². The van der Waals surface area contributed by atoms with Crippen LogP contribution in [0.4, 0.5) is 0 Å². The molecule has 6 heteroatoms. The van der Waals surface area contributed by atoms with Gasteiger partial charge in [0.25, 0.3) is 5.91 Å². The van der Waals surface area contributed by atoms with Crippen LogP contribution in [0.1, 0.15) is 43.2 Å². The van der Waals surface area contributed by atoms with Gasteiger partial charge in [-0.3, -0.25) is 9.59 Å². The molecule has 0 aromatic carbocycles. The molecule has 0 saturated carbocycles. The smallest absolute Gasteiger partial charge is 0.254 e. The Bertz CT molecular complexity index is 567. The number of nitrogens with one attached hydrogen (secondary N) is 1. The number of amides is 2. The molecule has 0 spiro atoms. The van der Waals surface area contributed by atoms with Gasteiger partial charge in [-0.15, -0.1) is 0 Å². The average molecular weight is 310 g/mol. The zero-order valence-corrected chi connectivity index (χ0v) is 13.3. The molecule has 0 bridgehead atoms. The van der Waals surface area contributed by atoms with E-state index in [0.717, 1.165) is 12.1 Å². The Labute approximate surface area is 129 Å². The molecular weight excluding hydrogens is 290 g/mol. The summed E-state index contributed by atoms with van der Waals surface area (Å²) in [5, 5.41) is 3.05. The lowest BCUT2D eigenvalue weighted by Gasteiger charge is -2.22. The van der Waals surface area contributed by atoms with Crippen molar-refractivity contribution in [1.82, 2.24) is 15.2 Å². The summed E-state index contributed by atoms with van der Waals surface area (Å²) in [5.41, 5.74) is 1.04. The van der Waals surface area contributed by atoms with Crippen LogP contribution in [-0.2, 0) is 10.2 Å². The number of aromatic nitrogens is 1. The summed E-state index contributed by atoms with van der Waals surface area (Å²) in [6.45, 7) is 7.29. The van der Waals surface area contributed by atoms with Crippen molar-refractivity contribution in [3.8, 4) is 0 Å². The molecule has 2 amide bonds. The van der Waals surface area contributed by atoms with Gasteiger partial charge in [-0.25, -0.2) is 4.98 Å². The molecule has 1 aromatic rings. The van der Waals surface area contributed by atoms with E-state index in [9.17, 15) is 9.59 Å². The average Bonchev–Trinajstić information content (AvgIpc) is 2.61. The molecule has 114 valence electrons. The van der Waals surface area contributed by atoms with Gasteiger partial charge < -0.3 is 10.2 Å². The fourth-order valence-corrected chi connectivity index (χ4v) is 2.38. The normalized spacial score (nSPS) is 16.4.